The van der Waals surface area contributed by atoms with Crippen molar-refractivity contribution in [2.24, 2.45) is 0 Å². The lowest BCUT2D eigenvalue weighted by Crippen LogP contribution is -2.12. The van der Waals surface area contributed by atoms with Gasteiger partial charge in [0.1, 0.15) is 11.6 Å². The van der Waals surface area contributed by atoms with Crippen LogP contribution in [-0.2, 0) is 12.7 Å². The smallest absolute Gasteiger partial charge is 0.365 e. The van der Waals surface area contributed by atoms with Crippen LogP contribution in [0.2, 0.25) is 0 Å². The van der Waals surface area contributed by atoms with E-state index in [4.69, 9.17) is 0 Å². The minimum absolute atomic E-state index is 0.182. The van der Waals surface area contributed by atoms with Gasteiger partial charge in [0.25, 0.3) is 0 Å². The summed E-state index contributed by atoms with van der Waals surface area (Å²) < 4.78 is 51.2. The number of rotatable bonds is 3. The molecule has 0 saturated heterocycles. The van der Waals surface area contributed by atoms with Gasteiger partial charge in [-0.05, 0) is 23.8 Å². The van der Waals surface area contributed by atoms with Gasteiger partial charge in [-0.25, -0.2) is 9.37 Å². The molecular weight excluding hydrogens is 262 g/mol. The molecule has 7 heteroatoms. The van der Waals surface area contributed by atoms with Crippen LogP contribution in [0.3, 0.4) is 0 Å². The quantitative estimate of drug-likeness (QED) is 0.871. The van der Waals surface area contributed by atoms with Crippen LogP contribution in [0.5, 0.6) is 0 Å². The molecular formula is C12H9F4N3. The Morgan fingerprint density at radius 1 is 1.16 bits per heavy atom. The van der Waals surface area contributed by atoms with Gasteiger partial charge in [-0.2, -0.15) is 13.2 Å². The van der Waals surface area contributed by atoms with E-state index in [-0.39, 0.29) is 12.1 Å². The summed E-state index contributed by atoms with van der Waals surface area (Å²) in [6.45, 7) is -0.189. The molecule has 0 amide bonds. The number of halogens is 4. The summed E-state index contributed by atoms with van der Waals surface area (Å²) in [5.41, 5.74) is -1.05. The van der Waals surface area contributed by atoms with Gasteiger partial charge in [-0.1, -0.05) is 0 Å². The zero-order valence-corrected chi connectivity index (χ0v) is 9.58. The van der Waals surface area contributed by atoms with Gasteiger partial charge in [-0.15, -0.1) is 0 Å². The summed E-state index contributed by atoms with van der Waals surface area (Å²) in [6, 6.07) is 2.36. The number of anilines is 1. The fourth-order valence-electron chi connectivity index (χ4n) is 1.56. The zero-order chi connectivity index (χ0) is 13.9. The fraction of sp³-hybridized carbons (Fsp3) is 0.167. The van der Waals surface area contributed by atoms with Crippen molar-refractivity contribution in [3.05, 3.63) is 53.7 Å². The van der Waals surface area contributed by atoms with Crippen LogP contribution in [0, 0.1) is 5.82 Å². The van der Waals surface area contributed by atoms with Crippen molar-refractivity contribution < 1.29 is 17.6 Å². The second-order valence-corrected chi connectivity index (χ2v) is 3.74. The van der Waals surface area contributed by atoms with Crippen LogP contribution >= 0.6 is 0 Å². The maximum absolute atomic E-state index is 13.0. The van der Waals surface area contributed by atoms with Crippen molar-refractivity contribution in [1.29, 1.82) is 0 Å². The van der Waals surface area contributed by atoms with E-state index < -0.39 is 17.6 Å². The van der Waals surface area contributed by atoms with E-state index in [1.54, 1.807) is 0 Å². The summed E-state index contributed by atoms with van der Waals surface area (Å²) in [7, 11) is 0. The van der Waals surface area contributed by atoms with Crippen molar-refractivity contribution in [3.63, 3.8) is 0 Å². The first kappa shape index (κ1) is 13.3. The lowest BCUT2D eigenvalue weighted by molar-refractivity contribution is -0.138. The summed E-state index contributed by atoms with van der Waals surface area (Å²) in [4.78, 5) is 7.62. The molecule has 2 rings (SSSR count). The first-order valence-electron chi connectivity index (χ1n) is 5.32. The van der Waals surface area contributed by atoms with E-state index in [1.165, 1.54) is 18.6 Å². The average molecular weight is 271 g/mol. The third-order valence-corrected chi connectivity index (χ3v) is 2.40. The van der Waals surface area contributed by atoms with E-state index >= 15 is 0 Å². The monoisotopic (exact) mass is 271 g/mol. The second kappa shape index (κ2) is 5.21. The normalized spacial score (nSPS) is 11.4. The number of hydrogen-bond acceptors (Lipinski definition) is 3. The van der Waals surface area contributed by atoms with Crippen LogP contribution in [0.25, 0.3) is 0 Å². The third kappa shape index (κ3) is 3.40. The summed E-state index contributed by atoms with van der Waals surface area (Å²) in [6.07, 6.45) is -0.313. The largest absolute Gasteiger partial charge is 0.416 e. The molecule has 19 heavy (non-hydrogen) atoms. The highest BCUT2D eigenvalue weighted by molar-refractivity contribution is 5.36. The summed E-state index contributed by atoms with van der Waals surface area (Å²) in [5, 5.41) is 2.66. The number of aromatic nitrogens is 2. The molecule has 0 bridgehead atoms. The molecule has 0 saturated carbocycles. The highest BCUT2D eigenvalue weighted by Gasteiger charge is 2.33. The Morgan fingerprint density at radius 2 is 1.95 bits per heavy atom. The van der Waals surface area contributed by atoms with Gasteiger partial charge in [0.15, 0.2) is 0 Å². The van der Waals surface area contributed by atoms with Gasteiger partial charge in [-0.3, -0.25) is 4.98 Å². The predicted octanol–water partition coefficient (Wildman–Crippen LogP) is 3.25. The topological polar surface area (TPSA) is 37.8 Å². The van der Waals surface area contributed by atoms with Crippen molar-refractivity contribution >= 4 is 5.82 Å². The van der Waals surface area contributed by atoms with E-state index in [2.05, 4.69) is 15.3 Å². The number of benzene rings is 1. The van der Waals surface area contributed by atoms with Crippen molar-refractivity contribution in [2.75, 3.05) is 5.32 Å². The Morgan fingerprint density at radius 3 is 2.58 bits per heavy atom. The Kier molecular flexibility index (Phi) is 3.64. The van der Waals surface area contributed by atoms with Crippen LogP contribution < -0.4 is 5.32 Å². The molecule has 0 fully saturated rings. The molecule has 1 heterocycles. The van der Waals surface area contributed by atoms with Crippen LogP contribution in [-0.4, -0.2) is 9.97 Å². The number of hydrogen-bond donors (Lipinski definition) is 1. The molecule has 0 radical (unpaired) electrons. The molecule has 0 aliphatic heterocycles. The Bertz CT molecular complexity index is 555. The number of nitrogens with one attached hydrogen (secondary N) is 1. The van der Waals surface area contributed by atoms with Crippen LogP contribution in [0.15, 0.2) is 36.8 Å². The number of alkyl halides is 3. The number of nitrogens with zero attached hydrogens (tertiary/aromatic N) is 2. The molecule has 0 spiro atoms. The molecule has 1 aromatic carbocycles. The molecule has 2 aromatic rings. The van der Waals surface area contributed by atoms with Crippen molar-refractivity contribution in [2.45, 2.75) is 12.7 Å². The fourth-order valence-corrected chi connectivity index (χ4v) is 1.56. The lowest BCUT2D eigenvalue weighted by Gasteiger charge is -2.13. The maximum Gasteiger partial charge on any atom is 0.416 e. The Balaban J connectivity index is 2.22. The summed E-state index contributed by atoms with van der Waals surface area (Å²) in [5.74, 6) is -0.399. The maximum atomic E-state index is 13.0. The SMILES string of the molecule is Fc1ccc(C(F)(F)F)c(CNc2cnccn2)c1. The van der Waals surface area contributed by atoms with Crippen LogP contribution in [0.1, 0.15) is 11.1 Å². The van der Waals surface area contributed by atoms with E-state index in [0.717, 1.165) is 18.2 Å². The van der Waals surface area contributed by atoms with Crippen molar-refractivity contribution in [3.8, 4) is 0 Å². The van der Waals surface area contributed by atoms with E-state index in [0.29, 0.717) is 5.82 Å². The molecule has 0 aliphatic rings. The van der Waals surface area contributed by atoms with Gasteiger partial charge < -0.3 is 5.32 Å². The second-order valence-electron chi connectivity index (χ2n) is 3.74. The molecule has 100 valence electrons. The lowest BCUT2D eigenvalue weighted by atomic mass is 10.1. The van der Waals surface area contributed by atoms with Gasteiger partial charge >= 0.3 is 6.18 Å². The van der Waals surface area contributed by atoms with Crippen molar-refractivity contribution in [1.82, 2.24) is 9.97 Å². The molecule has 0 aliphatic carbocycles. The predicted molar refractivity (Wildman–Crippen MR) is 60.8 cm³/mol. The average Bonchev–Trinajstić information content (AvgIpc) is 2.36. The Labute approximate surface area is 106 Å². The zero-order valence-electron chi connectivity index (χ0n) is 9.58. The van der Waals surface area contributed by atoms with Crippen LogP contribution in [0.4, 0.5) is 23.4 Å². The first-order chi connectivity index (χ1) is 8.97. The van der Waals surface area contributed by atoms with Gasteiger partial charge in [0.2, 0.25) is 0 Å². The molecule has 1 N–H and O–H groups in total. The minimum Gasteiger partial charge on any atom is -0.365 e. The molecule has 3 nitrogen and oxygen atoms in total. The van der Waals surface area contributed by atoms with Gasteiger partial charge in [0, 0.05) is 18.9 Å². The summed E-state index contributed by atoms with van der Waals surface area (Å²) >= 11 is 0. The molecule has 0 unspecified atom stereocenters. The standard InChI is InChI=1S/C12H9F4N3/c13-9-1-2-10(12(14,15)16)8(5-9)6-19-11-7-17-3-4-18-11/h1-5,7H,6H2,(H,18,19). The highest BCUT2D eigenvalue weighted by atomic mass is 19.4. The minimum atomic E-state index is -4.52. The highest BCUT2D eigenvalue weighted by Crippen LogP contribution is 2.32. The van der Waals surface area contributed by atoms with E-state index in [9.17, 15) is 17.6 Å². The Hall–Kier alpha value is -2.18. The molecule has 1 aromatic heterocycles. The van der Waals surface area contributed by atoms with E-state index in [1.807, 2.05) is 0 Å². The molecule has 0 atom stereocenters. The van der Waals surface area contributed by atoms with Gasteiger partial charge in [0.05, 0.1) is 11.8 Å². The first-order valence-corrected chi connectivity index (χ1v) is 5.32. The third-order valence-electron chi connectivity index (χ3n) is 2.40.